The Bertz CT molecular complexity index is 978. The molecule has 0 aliphatic rings. The van der Waals surface area contributed by atoms with Crippen LogP contribution in [0.2, 0.25) is 0 Å². The van der Waals surface area contributed by atoms with Crippen LogP contribution in [0.15, 0.2) is 48.5 Å². The van der Waals surface area contributed by atoms with Gasteiger partial charge >= 0.3 is 6.09 Å². The average molecular weight is 468 g/mol. The van der Waals surface area contributed by atoms with E-state index >= 15 is 0 Å². The lowest BCUT2D eigenvalue weighted by Gasteiger charge is -2.36. The predicted octanol–water partition coefficient (Wildman–Crippen LogP) is 5.14. The van der Waals surface area contributed by atoms with Crippen LogP contribution in [-0.4, -0.2) is 41.0 Å². The summed E-state index contributed by atoms with van der Waals surface area (Å²) in [5, 5.41) is 5.57. The number of carbonyl (C=O) groups excluding carboxylic acids is 3. The standard InChI is InChI=1S/C27H37N3O4/c1-8-20(4)30(22(31)17-28-26(33)34-27(5,6)7)24(21-15-10-9-11-16-21)25(32)29-23-18(2)13-12-14-19(23)3/h9-16,20,24H,8,17H2,1-7H3,(H,28,33)(H,29,32). The maximum absolute atomic E-state index is 13.7. The van der Waals surface area contributed by atoms with E-state index in [4.69, 9.17) is 4.74 Å². The van der Waals surface area contributed by atoms with Crippen molar-refractivity contribution in [2.45, 2.75) is 72.6 Å². The molecule has 2 aromatic rings. The van der Waals surface area contributed by atoms with Crippen LogP contribution in [0, 0.1) is 13.8 Å². The minimum absolute atomic E-state index is 0.248. The molecule has 34 heavy (non-hydrogen) atoms. The molecule has 0 saturated heterocycles. The van der Waals surface area contributed by atoms with Crippen molar-refractivity contribution in [3.63, 3.8) is 0 Å². The van der Waals surface area contributed by atoms with Crippen LogP contribution in [-0.2, 0) is 14.3 Å². The van der Waals surface area contributed by atoms with Gasteiger partial charge in [0.1, 0.15) is 18.2 Å². The summed E-state index contributed by atoms with van der Waals surface area (Å²) in [5.41, 5.74) is 2.62. The van der Waals surface area contributed by atoms with Gasteiger partial charge in [0.2, 0.25) is 5.91 Å². The third-order valence-corrected chi connectivity index (χ3v) is 5.51. The second kappa shape index (κ2) is 11.7. The number of nitrogens with zero attached hydrogens (tertiary/aromatic N) is 1. The molecular weight excluding hydrogens is 430 g/mol. The Morgan fingerprint density at radius 1 is 0.971 bits per heavy atom. The molecule has 0 radical (unpaired) electrons. The maximum atomic E-state index is 13.7. The highest BCUT2D eigenvalue weighted by atomic mass is 16.6. The molecule has 2 atom stereocenters. The molecule has 2 N–H and O–H groups in total. The van der Waals surface area contributed by atoms with Gasteiger partial charge in [-0.05, 0) is 64.7 Å². The molecule has 3 amide bonds. The summed E-state index contributed by atoms with van der Waals surface area (Å²) < 4.78 is 5.25. The zero-order valence-electron chi connectivity index (χ0n) is 21.3. The van der Waals surface area contributed by atoms with Crippen LogP contribution in [0.25, 0.3) is 0 Å². The molecule has 7 nitrogen and oxygen atoms in total. The van der Waals surface area contributed by atoms with E-state index in [0.29, 0.717) is 12.0 Å². The fraction of sp³-hybridized carbons (Fsp3) is 0.444. The number of nitrogens with one attached hydrogen (secondary N) is 2. The van der Waals surface area contributed by atoms with Gasteiger partial charge in [0.05, 0.1) is 0 Å². The molecule has 0 aliphatic carbocycles. The van der Waals surface area contributed by atoms with Crippen molar-refractivity contribution in [2.75, 3.05) is 11.9 Å². The highest BCUT2D eigenvalue weighted by Crippen LogP contribution is 2.28. The SMILES string of the molecule is CCC(C)N(C(=O)CNC(=O)OC(C)(C)C)C(C(=O)Nc1c(C)cccc1C)c1ccccc1. The number of carbonyl (C=O) groups is 3. The Balaban J connectivity index is 2.39. The summed E-state index contributed by atoms with van der Waals surface area (Å²) in [6.07, 6.45) is -0.0424. The van der Waals surface area contributed by atoms with Crippen molar-refractivity contribution in [2.24, 2.45) is 0 Å². The lowest BCUT2D eigenvalue weighted by Crippen LogP contribution is -2.50. The summed E-state index contributed by atoms with van der Waals surface area (Å²) in [6.45, 7) is 12.7. The number of rotatable bonds is 8. The number of benzene rings is 2. The monoisotopic (exact) mass is 467 g/mol. The fourth-order valence-electron chi connectivity index (χ4n) is 3.67. The molecular formula is C27H37N3O4. The smallest absolute Gasteiger partial charge is 0.408 e. The van der Waals surface area contributed by atoms with Gasteiger partial charge in [-0.15, -0.1) is 0 Å². The zero-order chi connectivity index (χ0) is 25.5. The molecule has 184 valence electrons. The lowest BCUT2D eigenvalue weighted by molar-refractivity contribution is -0.140. The summed E-state index contributed by atoms with van der Waals surface area (Å²) in [7, 11) is 0. The van der Waals surface area contributed by atoms with E-state index in [0.717, 1.165) is 16.8 Å². The Labute approximate surface area is 202 Å². The maximum Gasteiger partial charge on any atom is 0.408 e. The van der Waals surface area contributed by atoms with Gasteiger partial charge in [-0.25, -0.2) is 4.79 Å². The zero-order valence-corrected chi connectivity index (χ0v) is 21.3. The van der Waals surface area contributed by atoms with E-state index < -0.39 is 17.7 Å². The summed E-state index contributed by atoms with van der Waals surface area (Å²) in [4.78, 5) is 40.8. The van der Waals surface area contributed by atoms with Crippen molar-refractivity contribution >= 4 is 23.6 Å². The van der Waals surface area contributed by atoms with Gasteiger partial charge in [-0.2, -0.15) is 0 Å². The van der Waals surface area contributed by atoms with Crippen LogP contribution >= 0.6 is 0 Å². The van der Waals surface area contributed by atoms with Crippen LogP contribution in [0.4, 0.5) is 10.5 Å². The van der Waals surface area contributed by atoms with Crippen LogP contribution in [0.5, 0.6) is 0 Å². The van der Waals surface area contributed by atoms with Crippen molar-refractivity contribution in [1.29, 1.82) is 0 Å². The molecule has 2 aromatic carbocycles. The van der Waals surface area contributed by atoms with Gasteiger partial charge in [-0.3, -0.25) is 9.59 Å². The number of aryl methyl sites for hydroxylation is 2. The van der Waals surface area contributed by atoms with E-state index in [2.05, 4.69) is 10.6 Å². The number of ether oxygens (including phenoxy) is 1. The molecule has 2 rings (SSSR count). The quantitative estimate of drug-likeness (QED) is 0.563. The first kappa shape index (κ1) is 26.9. The average Bonchev–Trinajstić information content (AvgIpc) is 2.77. The van der Waals surface area contributed by atoms with Crippen molar-refractivity contribution in [1.82, 2.24) is 10.2 Å². The molecule has 0 fully saturated rings. The lowest BCUT2D eigenvalue weighted by atomic mass is 10.0. The van der Waals surface area contributed by atoms with Gasteiger partial charge in [0, 0.05) is 11.7 Å². The first-order valence-electron chi connectivity index (χ1n) is 11.6. The van der Waals surface area contributed by atoms with E-state index in [9.17, 15) is 14.4 Å². The van der Waals surface area contributed by atoms with Crippen molar-refractivity contribution in [3.05, 3.63) is 65.2 Å². The Morgan fingerprint density at radius 3 is 2.09 bits per heavy atom. The highest BCUT2D eigenvalue weighted by molar-refractivity contribution is 5.99. The number of anilines is 1. The third-order valence-electron chi connectivity index (χ3n) is 5.51. The van der Waals surface area contributed by atoms with Gasteiger partial charge < -0.3 is 20.3 Å². The second-order valence-corrected chi connectivity index (χ2v) is 9.48. The molecule has 0 aliphatic heterocycles. The van der Waals surface area contributed by atoms with Gasteiger partial charge in [0.15, 0.2) is 0 Å². The number of alkyl carbamates (subject to hydrolysis) is 1. The van der Waals surface area contributed by atoms with E-state index in [1.165, 1.54) is 0 Å². The normalized spacial score (nSPS) is 12.9. The second-order valence-electron chi connectivity index (χ2n) is 9.48. The summed E-state index contributed by atoms with van der Waals surface area (Å²) in [6, 6.07) is 13.9. The number of para-hydroxylation sites is 1. The minimum Gasteiger partial charge on any atom is -0.444 e. The van der Waals surface area contributed by atoms with Gasteiger partial charge in [0.25, 0.3) is 5.91 Å². The van der Waals surface area contributed by atoms with Crippen molar-refractivity contribution < 1.29 is 19.1 Å². The first-order valence-corrected chi connectivity index (χ1v) is 11.6. The highest BCUT2D eigenvalue weighted by Gasteiger charge is 2.34. The van der Waals surface area contributed by atoms with Gasteiger partial charge in [-0.1, -0.05) is 55.5 Å². The summed E-state index contributed by atoms with van der Waals surface area (Å²) >= 11 is 0. The van der Waals surface area contributed by atoms with E-state index in [1.54, 1.807) is 25.7 Å². The molecule has 0 spiro atoms. The van der Waals surface area contributed by atoms with Crippen LogP contribution in [0.1, 0.15) is 63.8 Å². The molecule has 0 heterocycles. The molecule has 2 unspecified atom stereocenters. The fourth-order valence-corrected chi connectivity index (χ4v) is 3.67. The van der Waals surface area contributed by atoms with Crippen molar-refractivity contribution in [3.8, 4) is 0 Å². The molecule has 0 aromatic heterocycles. The molecule has 7 heteroatoms. The van der Waals surface area contributed by atoms with Crippen LogP contribution in [0.3, 0.4) is 0 Å². The Morgan fingerprint density at radius 2 is 1.56 bits per heavy atom. The third kappa shape index (κ3) is 7.33. The predicted molar refractivity (Wildman–Crippen MR) is 135 cm³/mol. The van der Waals surface area contributed by atoms with E-state index in [-0.39, 0.29) is 24.4 Å². The molecule has 0 saturated carbocycles. The topological polar surface area (TPSA) is 87.7 Å². The van der Waals surface area contributed by atoms with E-state index in [1.807, 2.05) is 76.2 Å². The Hall–Kier alpha value is -3.35. The number of hydrogen-bond donors (Lipinski definition) is 2. The number of hydrogen-bond acceptors (Lipinski definition) is 4. The summed E-state index contributed by atoms with van der Waals surface area (Å²) in [5.74, 6) is -0.680. The first-order chi connectivity index (χ1) is 15.9. The largest absolute Gasteiger partial charge is 0.444 e. The molecule has 0 bridgehead atoms. The van der Waals surface area contributed by atoms with Crippen LogP contribution < -0.4 is 10.6 Å². The number of amides is 3. The minimum atomic E-state index is -0.872. The Kier molecular flexibility index (Phi) is 9.24.